The number of benzene rings is 1. The van der Waals surface area contributed by atoms with Crippen LogP contribution in [-0.4, -0.2) is 26.5 Å². The van der Waals surface area contributed by atoms with Gasteiger partial charge in [0.2, 0.25) is 0 Å². The minimum atomic E-state index is -0.356. The van der Waals surface area contributed by atoms with Gasteiger partial charge in [0.1, 0.15) is 12.1 Å². The molecular weight excluding hydrogens is 289 g/mol. The lowest BCUT2D eigenvalue weighted by molar-refractivity contribution is 0.280. The van der Waals surface area contributed by atoms with E-state index in [1.54, 1.807) is 22.8 Å². The maximum absolute atomic E-state index is 13.9. The summed E-state index contributed by atoms with van der Waals surface area (Å²) in [6.45, 7) is 0.642. The van der Waals surface area contributed by atoms with Gasteiger partial charge in [-0.25, -0.2) is 4.39 Å². The van der Waals surface area contributed by atoms with Crippen molar-refractivity contribution >= 4 is 15.9 Å². The maximum atomic E-state index is 13.9. The molecule has 0 saturated heterocycles. The smallest absolute Gasteiger partial charge is 0.166 e. The number of hydrogen-bond acceptors (Lipinski definition) is 3. The summed E-state index contributed by atoms with van der Waals surface area (Å²) in [5.74, 6) is 0.114. The van der Waals surface area contributed by atoms with Crippen molar-refractivity contribution in [3.8, 4) is 11.4 Å². The lowest BCUT2D eigenvalue weighted by Gasteiger charge is -2.07. The SMILES string of the molecule is OCCCn1cnnc1-c1cccc(Br)c1F. The first-order chi connectivity index (χ1) is 8.24. The first-order valence-electron chi connectivity index (χ1n) is 5.17. The molecule has 90 valence electrons. The summed E-state index contributed by atoms with van der Waals surface area (Å²) in [5.41, 5.74) is 0.398. The Balaban J connectivity index is 2.39. The van der Waals surface area contributed by atoms with Crippen LogP contribution in [0.15, 0.2) is 29.0 Å². The molecule has 0 aliphatic carbocycles. The third kappa shape index (κ3) is 2.53. The number of aromatic nitrogens is 3. The van der Waals surface area contributed by atoms with Crippen molar-refractivity contribution in [1.82, 2.24) is 14.8 Å². The van der Waals surface area contributed by atoms with E-state index < -0.39 is 0 Å². The first-order valence-corrected chi connectivity index (χ1v) is 5.96. The van der Waals surface area contributed by atoms with E-state index in [-0.39, 0.29) is 12.4 Å². The van der Waals surface area contributed by atoms with Crippen LogP contribution in [0.4, 0.5) is 4.39 Å². The predicted octanol–water partition coefficient (Wildman–Crippen LogP) is 2.23. The highest BCUT2D eigenvalue weighted by molar-refractivity contribution is 9.10. The van der Waals surface area contributed by atoms with Crippen LogP contribution in [0.3, 0.4) is 0 Å². The Hall–Kier alpha value is -1.27. The molecule has 0 aliphatic rings. The lowest BCUT2D eigenvalue weighted by Crippen LogP contribution is -2.02. The molecule has 0 unspecified atom stereocenters. The zero-order valence-electron chi connectivity index (χ0n) is 8.98. The molecule has 1 N–H and O–H groups in total. The number of aliphatic hydroxyl groups excluding tert-OH is 1. The Morgan fingerprint density at radius 2 is 2.24 bits per heavy atom. The Morgan fingerprint density at radius 1 is 1.41 bits per heavy atom. The maximum Gasteiger partial charge on any atom is 0.166 e. The fourth-order valence-electron chi connectivity index (χ4n) is 1.54. The second kappa shape index (κ2) is 5.37. The number of hydrogen-bond donors (Lipinski definition) is 1. The fraction of sp³-hybridized carbons (Fsp3) is 0.273. The van der Waals surface area contributed by atoms with Gasteiger partial charge in [0.05, 0.1) is 10.0 Å². The summed E-state index contributed by atoms with van der Waals surface area (Å²) in [4.78, 5) is 0. The summed E-state index contributed by atoms with van der Waals surface area (Å²) in [5, 5.41) is 16.5. The van der Waals surface area contributed by atoms with Crippen LogP contribution in [0.1, 0.15) is 6.42 Å². The van der Waals surface area contributed by atoms with E-state index in [9.17, 15) is 4.39 Å². The molecule has 2 aromatic rings. The Morgan fingerprint density at radius 3 is 3.00 bits per heavy atom. The van der Waals surface area contributed by atoms with Gasteiger partial charge in [0, 0.05) is 13.2 Å². The quantitative estimate of drug-likeness (QED) is 0.942. The monoisotopic (exact) mass is 299 g/mol. The largest absolute Gasteiger partial charge is 0.396 e. The fourth-order valence-corrected chi connectivity index (χ4v) is 1.91. The highest BCUT2D eigenvalue weighted by Gasteiger charge is 2.13. The third-order valence-corrected chi connectivity index (χ3v) is 2.98. The normalized spacial score (nSPS) is 10.8. The molecule has 0 radical (unpaired) electrons. The van der Waals surface area contributed by atoms with Crippen LogP contribution in [0, 0.1) is 5.82 Å². The van der Waals surface area contributed by atoms with E-state index >= 15 is 0 Å². The summed E-state index contributed by atoms with van der Waals surface area (Å²) in [6, 6.07) is 5.03. The third-order valence-electron chi connectivity index (χ3n) is 2.37. The van der Waals surface area contributed by atoms with E-state index in [1.807, 2.05) is 0 Å². The lowest BCUT2D eigenvalue weighted by atomic mass is 10.2. The molecule has 0 spiro atoms. The van der Waals surface area contributed by atoms with Crippen LogP contribution in [0.5, 0.6) is 0 Å². The van der Waals surface area contributed by atoms with Crippen LogP contribution in [0.2, 0.25) is 0 Å². The summed E-state index contributed by atoms with van der Waals surface area (Å²) in [7, 11) is 0. The van der Waals surface area contributed by atoms with E-state index in [0.717, 1.165) is 0 Å². The number of aryl methyl sites for hydroxylation is 1. The van der Waals surface area contributed by atoms with Crippen molar-refractivity contribution in [3.63, 3.8) is 0 Å². The van der Waals surface area contributed by atoms with Gasteiger partial charge in [0.25, 0.3) is 0 Å². The van der Waals surface area contributed by atoms with Crippen LogP contribution >= 0.6 is 15.9 Å². The molecular formula is C11H11BrFN3O. The van der Waals surface area contributed by atoms with E-state index in [1.165, 1.54) is 6.33 Å². The van der Waals surface area contributed by atoms with Crippen molar-refractivity contribution in [3.05, 3.63) is 34.8 Å². The van der Waals surface area contributed by atoms with Gasteiger partial charge in [-0.15, -0.1) is 10.2 Å². The highest BCUT2D eigenvalue weighted by Crippen LogP contribution is 2.26. The van der Waals surface area contributed by atoms with Crippen molar-refractivity contribution in [2.24, 2.45) is 0 Å². The number of nitrogens with zero attached hydrogens (tertiary/aromatic N) is 3. The first kappa shape index (κ1) is 12.2. The molecule has 0 fully saturated rings. The van der Waals surface area contributed by atoms with Crippen molar-refractivity contribution < 1.29 is 9.50 Å². The van der Waals surface area contributed by atoms with E-state index in [0.29, 0.717) is 28.8 Å². The molecule has 0 aliphatic heterocycles. The molecule has 4 nitrogen and oxygen atoms in total. The molecule has 6 heteroatoms. The number of halogens is 2. The average molecular weight is 300 g/mol. The van der Waals surface area contributed by atoms with Gasteiger partial charge >= 0.3 is 0 Å². The Kier molecular flexibility index (Phi) is 3.86. The van der Waals surface area contributed by atoms with Crippen molar-refractivity contribution in [2.45, 2.75) is 13.0 Å². The zero-order valence-corrected chi connectivity index (χ0v) is 10.6. The molecule has 2 rings (SSSR count). The summed E-state index contributed by atoms with van der Waals surface area (Å²) in [6.07, 6.45) is 2.12. The van der Waals surface area contributed by atoms with Crippen LogP contribution in [-0.2, 0) is 6.54 Å². The highest BCUT2D eigenvalue weighted by atomic mass is 79.9. The second-order valence-corrected chi connectivity index (χ2v) is 4.38. The summed E-state index contributed by atoms with van der Waals surface area (Å²) < 4.78 is 16.0. The number of rotatable bonds is 4. The topological polar surface area (TPSA) is 50.9 Å². The van der Waals surface area contributed by atoms with E-state index in [2.05, 4.69) is 26.1 Å². The average Bonchev–Trinajstić information content (AvgIpc) is 2.78. The molecule has 1 heterocycles. The zero-order chi connectivity index (χ0) is 12.3. The van der Waals surface area contributed by atoms with Gasteiger partial charge in [-0.05, 0) is 34.5 Å². The van der Waals surface area contributed by atoms with E-state index in [4.69, 9.17) is 5.11 Å². The molecule has 1 aromatic carbocycles. The predicted molar refractivity (Wildman–Crippen MR) is 64.8 cm³/mol. The van der Waals surface area contributed by atoms with Gasteiger partial charge in [-0.1, -0.05) is 6.07 Å². The molecule has 0 bridgehead atoms. The molecule has 0 saturated carbocycles. The molecule has 1 aromatic heterocycles. The Bertz CT molecular complexity index is 515. The minimum Gasteiger partial charge on any atom is -0.396 e. The molecule has 0 amide bonds. The van der Waals surface area contributed by atoms with Crippen LogP contribution < -0.4 is 0 Å². The minimum absolute atomic E-state index is 0.0819. The van der Waals surface area contributed by atoms with Gasteiger partial charge in [-0.3, -0.25) is 0 Å². The van der Waals surface area contributed by atoms with Gasteiger partial charge < -0.3 is 9.67 Å². The molecule has 17 heavy (non-hydrogen) atoms. The van der Waals surface area contributed by atoms with Crippen LogP contribution in [0.25, 0.3) is 11.4 Å². The molecule has 0 atom stereocenters. The van der Waals surface area contributed by atoms with Gasteiger partial charge in [0.15, 0.2) is 5.82 Å². The van der Waals surface area contributed by atoms with Crippen molar-refractivity contribution in [1.29, 1.82) is 0 Å². The summed E-state index contributed by atoms with van der Waals surface area (Å²) >= 11 is 3.14. The van der Waals surface area contributed by atoms with Crippen molar-refractivity contribution in [2.75, 3.05) is 6.61 Å². The van der Waals surface area contributed by atoms with Gasteiger partial charge in [-0.2, -0.15) is 0 Å². The standard InChI is InChI=1S/C11H11BrFN3O/c12-9-4-1-3-8(10(9)13)11-15-14-7-16(11)5-2-6-17/h1,3-4,7,17H,2,5-6H2. The number of aliphatic hydroxyl groups is 1. The second-order valence-electron chi connectivity index (χ2n) is 3.53. The Labute approximate surface area is 106 Å².